The molecule has 0 aromatic heterocycles. The number of benzene rings is 1. The van der Waals surface area contributed by atoms with Gasteiger partial charge in [-0.15, -0.1) is 0 Å². The normalized spacial score (nSPS) is 13.5. The van der Waals surface area contributed by atoms with Crippen molar-refractivity contribution in [1.29, 1.82) is 0 Å². The quantitative estimate of drug-likeness (QED) is 0.744. The summed E-state index contributed by atoms with van der Waals surface area (Å²) in [7, 11) is 0. The van der Waals surface area contributed by atoms with Crippen LogP contribution in [0.4, 0.5) is 10.1 Å². The Hall–Kier alpha value is -0.470. The summed E-state index contributed by atoms with van der Waals surface area (Å²) in [4.78, 5) is 0. The lowest BCUT2D eigenvalue weighted by atomic mass is 9.89. The van der Waals surface area contributed by atoms with Crippen LogP contribution in [0.2, 0.25) is 10.0 Å². The number of hydrogen-bond acceptors (Lipinski definition) is 1. The molecule has 0 spiro atoms. The van der Waals surface area contributed by atoms with Crippen LogP contribution in [-0.4, -0.2) is 6.04 Å². The van der Waals surface area contributed by atoms with Gasteiger partial charge in [0.25, 0.3) is 0 Å². The monoisotopic (exact) mass is 291 g/mol. The van der Waals surface area contributed by atoms with E-state index in [9.17, 15) is 4.39 Å². The summed E-state index contributed by atoms with van der Waals surface area (Å²) in [6.07, 6.45) is 2.10. The van der Waals surface area contributed by atoms with Gasteiger partial charge < -0.3 is 5.32 Å². The summed E-state index contributed by atoms with van der Waals surface area (Å²) in [6, 6.07) is 2.78. The SMILES string of the molecule is CC(CCC(C)(C)C)Nc1c(Cl)cc(F)cc1Cl. The van der Waals surface area contributed by atoms with Crippen LogP contribution in [0.1, 0.15) is 40.5 Å². The van der Waals surface area contributed by atoms with Gasteiger partial charge in [-0.25, -0.2) is 4.39 Å². The topological polar surface area (TPSA) is 12.0 Å². The highest BCUT2D eigenvalue weighted by Crippen LogP contribution is 2.32. The Labute approximate surface area is 119 Å². The zero-order valence-corrected chi connectivity index (χ0v) is 12.8. The Morgan fingerprint density at radius 2 is 1.72 bits per heavy atom. The summed E-state index contributed by atoms with van der Waals surface area (Å²) in [6.45, 7) is 8.69. The van der Waals surface area contributed by atoms with E-state index >= 15 is 0 Å². The average molecular weight is 292 g/mol. The Morgan fingerprint density at radius 3 is 2.17 bits per heavy atom. The number of halogens is 3. The van der Waals surface area contributed by atoms with Gasteiger partial charge in [-0.3, -0.25) is 0 Å². The second-order valence-corrected chi connectivity index (χ2v) is 6.70. The van der Waals surface area contributed by atoms with Crippen molar-refractivity contribution in [2.75, 3.05) is 5.32 Å². The van der Waals surface area contributed by atoms with Gasteiger partial charge in [0.05, 0.1) is 15.7 Å². The lowest BCUT2D eigenvalue weighted by Gasteiger charge is -2.23. The minimum atomic E-state index is -0.419. The molecule has 1 atom stereocenters. The lowest BCUT2D eigenvalue weighted by molar-refractivity contribution is 0.357. The molecule has 0 heterocycles. The van der Waals surface area contributed by atoms with Crippen molar-refractivity contribution in [2.24, 2.45) is 5.41 Å². The van der Waals surface area contributed by atoms with E-state index in [1.165, 1.54) is 12.1 Å². The first-order valence-electron chi connectivity index (χ1n) is 6.10. The molecule has 0 amide bonds. The van der Waals surface area contributed by atoms with E-state index in [0.717, 1.165) is 12.8 Å². The average Bonchev–Trinajstić information content (AvgIpc) is 2.19. The molecular formula is C14H20Cl2FN. The Kier molecular flexibility index (Phi) is 5.30. The van der Waals surface area contributed by atoms with Crippen molar-refractivity contribution < 1.29 is 4.39 Å². The van der Waals surface area contributed by atoms with Gasteiger partial charge in [-0.05, 0) is 37.3 Å². The summed E-state index contributed by atoms with van der Waals surface area (Å²) >= 11 is 12.0. The van der Waals surface area contributed by atoms with Crippen molar-refractivity contribution >= 4 is 28.9 Å². The summed E-state index contributed by atoms with van der Waals surface area (Å²) in [5, 5.41) is 3.89. The van der Waals surface area contributed by atoms with E-state index < -0.39 is 5.82 Å². The van der Waals surface area contributed by atoms with Gasteiger partial charge in [-0.2, -0.15) is 0 Å². The third kappa shape index (κ3) is 5.03. The molecule has 1 rings (SSSR count). The van der Waals surface area contributed by atoms with Gasteiger partial charge in [0.1, 0.15) is 5.82 Å². The standard InChI is InChI=1S/C14H20Cl2FN/c1-9(5-6-14(2,3)4)18-13-11(15)7-10(17)8-12(13)16/h7-9,18H,5-6H2,1-4H3. The Bertz CT molecular complexity index is 390. The van der Waals surface area contributed by atoms with Crippen molar-refractivity contribution in [3.8, 4) is 0 Å². The lowest BCUT2D eigenvalue weighted by Crippen LogP contribution is -2.18. The second-order valence-electron chi connectivity index (χ2n) is 5.89. The number of anilines is 1. The van der Waals surface area contributed by atoms with Crippen molar-refractivity contribution in [3.63, 3.8) is 0 Å². The molecule has 0 fully saturated rings. The molecule has 1 aromatic carbocycles. The predicted octanol–water partition coefficient (Wildman–Crippen LogP) is 5.76. The molecule has 0 radical (unpaired) electrons. The van der Waals surface area contributed by atoms with Crippen LogP contribution in [0.15, 0.2) is 12.1 Å². The molecule has 0 bridgehead atoms. The minimum absolute atomic E-state index is 0.240. The van der Waals surface area contributed by atoms with E-state index in [2.05, 4.69) is 33.0 Å². The molecule has 0 saturated heterocycles. The first kappa shape index (κ1) is 15.6. The predicted molar refractivity (Wildman–Crippen MR) is 78.2 cm³/mol. The maximum atomic E-state index is 13.1. The first-order valence-corrected chi connectivity index (χ1v) is 6.86. The fraction of sp³-hybridized carbons (Fsp3) is 0.571. The Balaban J connectivity index is 2.68. The summed E-state index contributed by atoms with van der Waals surface area (Å²) in [5.41, 5.74) is 0.910. The first-order chi connectivity index (χ1) is 8.19. The van der Waals surface area contributed by atoms with Gasteiger partial charge in [0.15, 0.2) is 0 Å². The smallest absolute Gasteiger partial charge is 0.126 e. The van der Waals surface area contributed by atoms with Crippen LogP contribution in [0.5, 0.6) is 0 Å². The summed E-state index contributed by atoms with van der Waals surface area (Å²) < 4.78 is 13.1. The third-order valence-corrected chi connectivity index (χ3v) is 3.32. The second kappa shape index (κ2) is 6.12. The highest BCUT2D eigenvalue weighted by molar-refractivity contribution is 6.39. The van der Waals surface area contributed by atoms with Crippen LogP contribution in [-0.2, 0) is 0 Å². The zero-order chi connectivity index (χ0) is 13.9. The number of nitrogens with one attached hydrogen (secondary N) is 1. The fourth-order valence-electron chi connectivity index (χ4n) is 1.65. The van der Waals surface area contributed by atoms with Gasteiger partial charge in [0.2, 0.25) is 0 Å². The molecule has 0 aliphatic heterocycles. The largest absolute Gasteiger partial charge is 0.380 e. The highest BCUT2D eigenvalue weighted by atomic mass is 35.5. The van der Waals surface area contributed by atoms with Gasteiger partial charge in [0, 0.05) is 6.04 Å². The van der Waals surface area contributed by atoms with E-state index in [0.29, 0.717) is 21.1 Å². The van der Waals surface area contributed by atoms with Crippen LogP contribution in [0.3, 0.4) is 0 Å². The molecule has 1 nitrogen and oxygen atoms in total. The van der Waals surface area contributed by atoms with E-state index in [-0.39, 0.29) is 6.04 Å². The third-order valence-electron chi connectivity index (χ3n) is 2.72. The van der Waals surface area contributed by atoms with Crippen molar-refractivity contribution in [3.05, 3.63) is 28.0 Å². The molecule has 0 saturated carbocycles. The maximum absolute atomic E-state index is 13.1. The zero-order valence-electron chi connectivity index (χ0n) is 11.3. The molecular weight excluding hydrogens is 272 g/mol. The fourth-order valence-corrected chi connectivity index (χ4v) is 2.22. The van der Waals surface area contributed by atoms with Crippen molar-refractivity contribution in [2.45, 2.75) is 46.6 Å². The van der Waals surface area contributed by atoms with E-state index in [1.54, 1.807) is 0 Å². The molecule has 1 unspecified atom stereocenters. The van der Waals surface area contributed by atoms with E-state index in [4.69, 9.17) is 23.2 Å². The van der Waals surface area contributed by atoms with Crippen molar-refractivity contribution in [1.82, 2.24) is 0 Å². The van der Waals surface area contributed by atoms with E-state index in [1.807, 2.05) is 0 Å². The molecule has 1 N–H and O–H groups in total. The summed E-state index contributed by atoms with van der Waals surface area (Å²) in [5.74, 6) is -0.419. The Morgan fingerprint density at radius 1 is 1.22 bits per heavy atom. The maximum Gasteiger partial charge on any atom is 0.126 e. The number of rotatable bonds is 4. The van der Waals surface area contributed by atoms with Crippen LogP contribution < -0.4 is 5.32 Å². The van der Waals surface area contributed by atoms with Gasteiger partial charge >= 0.3 is 0 Å². The van der Waals surface area contributed by atoms with Crippen LogP contribution in [0.25, 0.3) is 0 Å². The number of hydrogen-bond donors (Lipinski definition) is 1. The van der Waals surface area contributed by atoms with Crippen LogP contribution >= 0.6 is 23.2 Å². The minimum Gasteiger partial charge on any atom is -0.380 e. The molecule has 0 aliphatic carbocycles. The highest BCUT2D eigenvalue weighted by Gasteiger charge is 2.15. The molecule has 102 valence electrons. The molecule has 1 aromatic rings. The molecule has 4 heteroatoms. The molecule has 0 aliphatic rings. The van der Waals surface area contributed by atoms with Gasteiger partial charge in [-0.1, -0.05) is 44.0 Å². The molecule has 18 heavy (non-hydrogen) atoms. The van der Waals surface area contributed by atoms with Crippen LogP contribution in [0, 0.1) is 11.2 Å².